The van der Waals surface area contributed by atoms with Crippen molar-refractivity contribution in [1.82, 2.24) is 0 Å². The summed E-state index contributed by atoms with van der Waals surface area (Å²) in [6.07, 6.45) is 0. The van der Waals surface area contributed by atoms with Gasteiger partial charge in [-0.25, -0.2) is 12.8 Å². The van der Waals surface area contributed by atoms with E-state index in [0.717, 1.165) is 15.9 Å². The number of hydrogen-bond donors (Lipinski definition) is 0. The zero-order chi connectivity index (χ0) is 14.9. The molecule has 106 valence electrons. The number of nitrogens with zero attached hydrogens (tertiary/aromatic N) is 1. The predicted molar refractivity (Wildman–Crippen MR) is 80.9 cm³/mol. The Kier molecular flexibility index (Phi) is 4.15. The first kappa shape index (κ1) is 15.0. The van der Waals surface area contributed by atoms with Gasteiger partial charge in [0.1, 0.15) is 5.82 Å². The lowest BCUT2D eigenvalue weighted by molar-refractivity contribution is 0.588. The number of rotatable bonds is 3. The van der Waals surface area contributed by atoms with E-state index < -0.39 is 15.8 Å². The Hall–Kier alpha value is -1.40. The van der Waals surface area contributed by atoms with Gasteiger partial charge >= 0.3 is 0 Å². The maximum absolute atomic E-state index is 13.5. The molecule has 0 atom stereocenters. The van der Waals surface area contributed by atoms with Crippen LogP contribution in [-0.4, -0.2) is 15.5 Å². The first-order chi connectivity index (χ1) is 9.32. The summed E-state index contributed by atoms with van der Waals surface area (Å²) < 4.78 is 39.7. The molecule has 3 nitrogen and oxygen atoms in total. The van der Waals surface area contributed by atoms with Gasteiger partial charge in [-0.15, -0.1) is 0 Å². The molecule has 0 aromatic heterocycles. The molecule has 0 bridgehead atoms. The van der Waals surface area contributed by atoms with Crippen molar-refractivity contribution in [2.24, 2.45) is 0 Å². The van der Waals surface area contributed by atoms with Crippen LogP contribution in [-0.2, 0) is 10.0 Å². The molecule has 0 aliphatic rings. The van der Waals surface area contributed by atoms with Crippen LogP contribution >= 0.6 is 15.9 Å². The fourth-order valence-electron chi connectivity index (χ4n) is 1.69. The minimum atomic E-state index is -3.77. The minimum Gasteiger partial charge on any atom is -0.269 e. The van der Waals surface area contributed by atoms with Gasteiger partial charge < -0.3 is 0 Å². The van der Waals surface area contributed by atoms with Crippen LogP contribution in [0.1, 0.15) is 5.56 Å². The Balaban J connectivity index is 2.43. The summed E-state index contributed by atoms with van der Waals surface area (Å²) in [6.45, 7) is 1.92. The Morgan fingerprint density at radius 3 is 2.25 bits per heavy atom. The van der Waals surface area contributed by atoms with E-state index in [0.29, 0.717) is 5.69 Å². The molecule has 20 heavy (non-hydrogen) atoms. The van der Waals surface area contributed by atoms with Crippen molar-refractivity contribution in [3.8, 4) is 0 Å². The molecule has 0 aliphatic heterocycles. The number of hydrogen-bond acceptors (Lipinski definition) is 2. The highest BCUT2D eigenvalue weighted by Crippen LogP contribution is 2.25. The van der Waals surface area contributed by atoms with Gasteiger partial charge in [-0.05, 0) is 53.2 Å². The molecule has 2 aromatic rings. The normalized spacial score (nSPS) is 11.4. The average molecular weight is 358 g/mol. The second-order valence-corrected chi connectivity index (χ2v) is 7.21. The van der Waals surface area contributed by atoms with Crippen LogP contribution in [0, 0.1) is 12.7 Å². The monoisotopic (exact) mass is 357 g/mol. The van der Waals surface area contributed by atoms with E-state index in [2.05, 4.69) is 15.9 Å². The van der Waals surface area contributed by atoms with Crippen molar-refractivity contribution < 1.29 is 12.8 Å². The van der Waals surface area contributed by atoms with E-state index in [1.807, 2.05) is 19.1 Å². The summed E-state index contributed by atoms with van der Waals surface area (Å²) in [5.41, 5.74) is 1.56. The highest BCUT2D eigenvalue weighted by Gasteiger charge is 2.22. The second kappa shape index (κ2) is 5.54. The molecule has 2 rings (SSSR count). The van der Waals surface area contributed by atoms with Gasteiger partial charge in [0.2, 0.25) is 0 Å². The van der Waals surface area contributed by atoms with Crippen LogP contribution in [0.15, 0.2) is 51.8 Å². The molecular weight excluding hydrogens is 345 g/mol. The first-order valence-corrected chi connectivity index (χ1v) is 8.06. The average Bonchev–Trinajstić information content (AvgIpc) is 2.41. The number of benzene rings is 2. The van der Waals surface area contributed by atoms with E-state index >= 15 is 0 Å². The van der Waals surface area contributed by atoms with Crippen molar-refractivity contribution in [1.29, 1.82) is 0 Å². The van der Waals surface area contributed by atoms with Gasteiger partial charge in [-0.2, -0.15) is 0 Å². The largest absolute Gasteiger partial charge is 0.269 e. The number of sulfonamides is 1. The molecule has 0 aliphatic carbocycles. The lowest BCUT2D eigenvalue weighted by Crippen LogP contribution is -2.26. The zero-order valence-corrected chi connectivity index (χ0v) is 13.4. The van der Waals surface area contributed by atoms with Crippen molar-refractivity contribution >= 4 is 31.6 Å². The lowest BCUT2D eigenvalue weighted by atomic mass is 10.2. The standard InChI is InChI=1S/C14H13BrFNO2S/c1-10-3-5-11(6-4-10)17(2)20(18,19)12-7-8-13(15)14(16)9-12/h3-9H,1-2H3. The Morgan fingerprint density at radius 2 is 1.70 bits per heavy atom. The third kappa shape index (κ3) is 2.86. The summed E-state index contributed by atoms with van der Waals surface area (Å²) in [7, 11) is -2.33. The summed E-state index contributed by atoms with van der Waals surface area (Å²) in [5, 5.41) is 0. The Morgan fingerprint density at radius 1 is 1.10 bits per heavy atom. The van der Waals surface area contributed by atoms with Crippen LogP contribution in [0.2, 0.25) is 0 Å². The molecule has 6 heteroatoms. The van der Waals surface area contributed by atoms with Gasteiger partial charge in [-0.1, -0.05) is 17.7 Å². The Bertz CT molecular complexity index is 729. The zero-order valence-electron chi connectivity index (χ0n) is 11.0. The number of halogens is 2. The molecule has 0 unspecified atom stereocenters. The molecule has 0 saturated heterocycles. The SMILES string of the molecule is Cc1ccc(N(C)S(=O)(=O)c2ccc(Br)c(F)c2)cc1. The molecule has 0 fully saturated rings. The van der Waals surface area contributed by atoms with Gasteiger partial charge in [0.15, 0.2) is 0 Å². The quantitative estimate of drug-likeness (QED) is 0.839. The van der Waals surface area contributed by atoms with Gasteiger partial charge in [0.25, 0.3) is 10.0 Å². The van der Waals surface area contributed by atoms with Crippen molar-refractivity contribution in [2.45, 2.75) is 11.8 Å². The maximum atomic E-state index is 13.5. The molecule has 0 saturated carbocycles. The molecule has 0 heterocycles. The van der Waals surface area contributed by atoms with Gasteiger partial charge in [0, 0.05) is 7.05 Å². The Labute approximate surface area is 126 Å². The van der Waals surface area contributed by atoms with Crippen LogP contribution in [0.5, 0.6) is 0 Å². The van der Waals surface area contributed by atoms with E-state index in [4.69, 9.17) is 0 Å². The van der Waals surface area contributed by atoms with E-state index in [1.165, 1.54) is 19.2 Å². The van der Waals surface area contributed by atoms with E-state index in [9.17, 15) is 12.8 Å². The van der Waals surface area contributed by atoms with Crippen molar-refractivity contribution in [3.05, 3.63) is 58.3 Å². The summed E-state index contributed by atoms with van der Waals surface area (Å²) in [4.78, 5) is -0.0822. The third-order valence-corrected chi connectivity index (χ3v) is 5.37. The van der Waals surface area contributed by atoms with Crippen LogP contribution in [0.4, 0.5) is 10.1 Å². The molecule has 0 spiro atoms. The summed E-state index contributed by atoms with van der Waals surface area (Å²) in [6, 6.07) is 10.8. The number of anilines is 1. The van der Waals surface area contributed by atoms with E-state index in [-0.39, 0.29) is 9.37 Å². The number of aryl methyl sites for hydroxylation is 1. The lowest BCUT2D eigenvalue weighted by Gasteiger charge is -2.19. The van der Waals surface area contributed by atoms with Crippen LogP contribution in [0.25, 0.3) is 0 Å². The van der Waals surface area contributed by atoms with Crippen molar-refractivity contribution in [3.63, 3.8) is 0 Å². The predicted octanol–water partition coefficient (Wildman–Crippen LogP) is 3.72. The fourth-order valence-corrected chi connectivity index (χ4v) is 3.14. The van der Waals surface area contributed by atoms with E-state index in [1.54, 1.807) is 12.1 Å². The highest BCUT2D eigenvalue weighted by molar-refractivity contribution is 9.10. The molecule has 0 radical (unpaired) electrons. The topological polar surface area (TPSA) is 37.4 Å². The maximum Gasteiger partial charge on any atom is 0.264 e. The van der Waals surface area contributed by atoms with Gasteiger partial charge in [-0.3, -0.25) is 4.31 Å². The first-order valence-electron chi connectivity index (χ1n) is 5.83. The smallest absolute Gasteiger partial charge is 0.264 e. The minimum absolute atomic E-state index is 0.0822. The molecule has 0 N–H and O–H groups in total. The summed E-state index contributed by atoms with van der Waals surface area (Å²) >= 11 is 3.00. The van der Waals surface area contributed by atoms with Crippen LogP contribution < -0.4 is 4.31 Å². The van der Waals surface area contributed by atoms with Crippen LogP contribution in [0.3, 0.4) is 0 Å². The van der Waals surface area contributed by atoms with Crippen molar-refractivity contribution in [2.75, 3.05) is 11.4 Å². The summed E-state index contributed by atoms with van der Waals surface area (Å²) in [5.74, 6) is -0.608. The molecule has 0 amide bonds. The second-order valence-electron chi connectivity index (χ2n) is 4.38. The molecular formula is C14H13BrFNO2S. The molecule has 2 aromatic carbocycles. The highest BCUT2D eigenvalue weighted by atomic mass is 79.9. The third-order valence-electron chi connectivity index (χ3n) is 2.95. The van der Waals surface area contributed by atoms with Gasteiger partial charge in [0.05, 0.1) is 15.1 Å². The fraction of sp³-hybridized carbons (Fsp3) is 0.143.